The molecule has 0 radical (unpaired) electrons. The zero-order chi connectivity index (χ0) is 24.1. The van der Waals surface area contributed by atoms with Crippen molar-refractivity contribution in [2.45, 2.75) is 43.7 Å². The van der Waals surface area contributed by atoms with Gasteiger partial charge in [0.1, 0.15) is 18.7 Å². The number of methoxy groups -OCH3 is 1. The lowest BCUT2D eigenvalue weighted by Gasteiger charge is -2.35. The van der Waals surface area contributed by atoms with E-state index in [1.54, 1.807) is 0 Å². The van der Waals surface area contributed by atoms with Gasteiger partial charge < -0.3 is 24.8 Å². The second kappa shape index (κ2) is 10.7. The number of hydrogen-bond donors (Lipinski definition) is 2. The molecule has 0 bridgehead atoms. The fourth-order valence-corrected chi connectivity index (χ4v) is 4.93. The Labute approximate surface area is 198 Å². The summed E-state index contributed by atoms with van der Waals surface area (Å²) >= 11 is 0. The Hall–Kier alpha value is -3.39. The monoisotopic (exact) mass is 466 g/mol. The summed E-state index contributed by atoms with van der Waals surface area (Å²) in [5.41, 5.74) is 4.46. The van der Waals surface area contributed by atoms with Crippen molar-refractivity contribution in [3.63, 3.8) is 0 Å². The third kappa shape index (κ3) is 4.92. The molecule has 2 amide bonds. The van der Waals surface area contributed by atoms with Crippen LogP contribution in [-0.4, -0.2) is 66.9 Å². The first-order chi connectivity index (χ1) is 16.5. The number of likely N-dealkylation sites (tertiary alicyclic amines) is 1. The van der Waals surface area contributed by atoms with Crippen LogP contribution in [0.3, 0.4) is 0 Å². The third-order valence-electron chi connectivity index (χ3n) is 6.62. The lowest BCUT2D eigenvalue weighted by atomic mass is 9.98. The number of benzene rings is 2. The Balaban J connectivity index is 1.44. The smallest absolute Gasteiger partial charge is 0.407 e. The molecule has 2 N–H and O–H groups in total. The highest BCUT2D eigenvalue weighted by Gasteiger charge is 2.36. The average molecular weight is 467 g/mol. The minimum Gasteiger partial charge on any atom is -0.480 e. The number of carbonyl (C=O) groups is 3. The van der Waals surface area contributed by atoms with Crippen molar-refractivity contribution in [2.75, 3.05) is 26.9 Å². The summed E-state index contributed by atoms with van der Waals surface area (Å²) in [7, 11) is 1.51. The number of amides is 2. The molecule has 2 aromatic rings. The number of carboxylic acids is 1. The van der Waals surface area contributed by atoms with Gasteiger partial charge in [-0.1, -0.05) is 48.5 Å². The molecule has 34 heavy (non-hydrogen) atoms. The maximum atomic E-state index is 13.2. The molecular weight excluding hydrogens is 436 g/mol. The van der Waals surface area contributed by atoms with E-state index in [4.69, 9.17) is 9.47 Å². The van der Waals surface area contributed by atoms with Crippen molar-refractivity contribution < 1.29 is 29.0 Å². The number of piperidine rings is 1. The fraction of sp³-hybridized carbons (Fsp3) is 0.423. The summed E-state index contributed by atoms with van der Waals surface area (Å²) < 4.78 is 10.7. The van der Waals surface area contributed by atoms with Gasteiger partial charge in [0.05, 0.1) is 0 Å². The summed E-state index contributed by atoms with van der Waals surface area (Å²) in [5, 5.41) is 12.2. The highest BCUT2D eigenvalue weighted by Crippen LogP contribution is 2.44. The van der Waals surface area contributed by atoms with Gasteiger partial charge in [-0.25, -0.2) is 9.59 Å². The molecule has 1 aliphatic heterocycles. The molecule has 2 atom stereocenters. The maximum Gasteiger partial charge on any atom is 0.407 e. The second-order valence-corrected chi connectivity index (χ2v) is 8.69. The molecule has 0 spiro atoms. The number of carbonyl (C=O) groups excluding carboxylic acids is 2. The van der Waals surface area contributed by atoms with Crippen LogP contribution in [0.15, 0.2) is 48.5 Å². The summed E-state index contributed by atoms with van der Waals surface area (Å²) in [4.78, 5) is 38.9. The highest BCUT2D eigenvalue weighted by atomic mass is 16.5. The minimum atomic E-state index is -1.03. The second-order valence-electron chi connectivity index (χ2n) is 8.69. The molecule has 1 saturated heterocycles. The van der Waals surface area contributed by atoms with Gasteiger partial charge in [-0.05, 0) is 41.5 Å². The number of ether oxygens (including phenoxy) is 2. The van der Waals surface area contributed by atoms with Crippen LogP contribution in [-0.2, 0) is 19.1 Å². The first kappa shape index (κ1) is 23.8. The van der Waals surface area contributed by atoms with Crippen LogP contribution in [0.4, 0.5) is 4.79 Å². The Morgan fingerprint density at radius 3 is 2.32 bits per heavy atom. The van der Waals surface area contributed by atoms with Gasteiger partial charge in [0, 0.05) is 32.6 Å². The molecule has 0 aromatic heterocycles. The number of alkyl carbamates (subject to hydrolysis) is 1. The SMILES string of the molecule is COCCC(NC(=O)OCC1c2ccccc2-c2ccccc21)C(=O)N1CCCC[C@H]1C(=O)O. The number of hydrogen-bond acceptors (Lipinski definition) is 5. The molecule has 1 fully saturated rings. The van der Waals surface area contributed by atoms with E-state index < -0.39 is 30.1 Å². The Morgan fingerprint density at radius 2 is 1.71 bits per heavy atom. The molecule has 1 heterocycles. The quantitative estimate of drug-likeness (QED) is 0.618. The Morgan fingerprint density at radius 1 is 1.06 bits per heavy atom. The van der Waals surface area contributed by atoms with Gasteiger partial charge in [-0.15, -0.1) is 0 Å². The van der Waals surface area contributed by atoms with Crippen LogP contribution >= 0.6 is 0 Å². The Kier molecular flexibility index (Phi) is 7.47. The van der Waals surface area contributed by atoms with Crippen LogP contribution in [0.1, 0.15) is 42.7 Å². The summed E-state index contributed by atoms with van der Waals surface area (Å²) in [6.45, 7) is 0.726. The van der Waals surface area contributed by atoms with Gasteiger partial charge >= 0.3 is 12.1 Å². The molecular formula is C26H30N2O6. The van der Waals surface area contributed by atoms with E-state index in [0.717, 1.165) is 35.1 Å². The first-order valence-corrected chi connectivity index (χ1v) is 11.6. The summed E-state index contributed by atoms with van der Waals surface area (Å²) in [6, 6.07) is 14.3. The van der Waals surface area contributed by atoms with Crippen molar-refractivity contribution in [1.29, 1.82) is 0 Å². The van der Waals surface area contributed by atoms with E-state index in [2.05, 4.69) is 17.4 Å². The normalized spacial score (nSPS) is 18.0. The van der Waals surface area contributed by atoms with Crippen molar-refractivity contribution in [3.05, 3.63) is 59.7 Å². The van der Waals surface area contributed by atoms with Crippen molar-refractivity contribution in [2.24, 2.45) is 0 Å². The van der Waals surface area contributed by atoms with Gasteiger partial charge in [0.2, 0.25) is 5.91 Å². The van der Waals surface area contributed by atoms with Crippen LogP contribution in [0, 0.1) is 0 Å². The molecule has 2 aliphatic rings. The standard InChI is InChI=1S/C26H30N2O6/c1-33-15-13-22(24(29)28-14-7-6-12-23(28)25(30)31)27-26(32)34-16-21-19-10-4-2-8-17(19)18-9-3-5-11-20(18)21/h2-5,8-11,21-23H,6-7,12-16H2,1H3,(H,27,32)(H,30,31)/t22?,23-/m0/s1. The molecule has 8 nitrogen and oxygen atoms in total. The first-order valence-electron chi connectivity index (χ1n) is 11.6. The van der Waals surface area contributed by atoms with Crippen molar-refractivity contribution >= 4 is 18.0 Å². The minimum absolute atomic E-state index is 0.0928. The molecule has 2 aromatic carbocycles. The maximum absolute atomic E-state index is 13.2. The zero-order valence-corrected chi connectivity index (χ0v) is 19.2. The number of rotatable bonds is 8. The molecule has 4 rings (SSSR count). The molecule has 1 unspecified atom stereocenters. The van der Waals surface area contributed by atoms with Crippen molar-refractivity contribution in [3.8, 4) is 11.1 Å². The fourth-order valence-electron chi connectivity index (χ4n) is 4.93. The van der Waals surface area contributed by atoms with Gasteiger partial charge in [-0.3, -0.25) is 4.79 Å². The van der Waals surface area contributed by atoms with Crippen LogP contribution in [0.5, 0.6) is 0 Å². The Bertz CT molecular complexity index is 1010. The van der Waals surface area contributed by atoms with E-state index in [-0.39, 0.29) is 25.6 Å². The number of nitrogens with one attached hydrogen (secondary N) is 1. The number of fused-ring (bicyclic) bond motifs is 3. The number of aliphatic carboxylic acids is 1. The topological polar surface area (TPSA) is 105 Å². The molecule has 180 valence electrons. The number of nitrogens with zero attached hydrogens (tertiary/aromatic N) is 1. The zero-order valence-electron chi connectivity index (χ0n) is 19.2. The van der Waals surface area contributed by atoms with E-state index in [0.29, 0.717) is 13.0 Å². The summed E-state index contributed by atoms with van der Waals surface area (Å²) in [6.07, 6.45) is 1.41. The van der Waals surface area contributed by atoms with Crippen molar-refractivity contribution in [1.82, 2.24) is 10.2 Å². The lowest BCUT2D eigenvalue weighted by Crippen LogP contribution is -2.55. The van der Waals surface area contributed by atoms with Crippen LogP contribution in [0.2, 0.25) is 0 Å². The molecule has 1 aliphatic carbocycles. The van der Waals surface area contributed by atoms with Gasteiger partial charge in [0.15, 0.2) is 0 Å². The van der Waals surface area contributed by atoms with Gasteiger partial charge in [0.25, 0.3) is 0 Å². The third-order valence-corrected chi connectivity index (χ3v) is 6.62. The van der Waals surface area contributed by atoms with Crippen LogP contribution < -0.4 is 5.32 Å². The predicted octanol–water partition coefficient (Wildman–Crippen LogP) is 3.40. The van der Waals surface area contributed by atoms with E-state index in [1.165, 1.54) is 12.0 Å². The number of carboxylic acid groups (broad SMARTS) is 1. The lowest BCUT2D eigenvalue weighted by molar-refractivity contribution is -0.153. The van der Waals surface area contributed by atoms with Crippen LogP contribution in [0.25, 0.3) is 11.1 Å². The average Bonchev–Trinajstić information content (AvgIpc) is 3.18. The van der Waals surface area contributed by atoms with E-state index >= 15 is 0 Å². The predicted molar refractivity (Wildman–Crippen MR) is 125 cm³/mol. The summed E-state index contributed by atoms with van der Waals surface area (Å²) in [5.74, 6) is -1.54. The van der Waals surface area contributed by atoms with E-state index in [1.807, 2.05) is 36.4 Å². The van der Waals surface area contributed by atoms with Gasteiger partial charge in [-0.2, -0.15) is 0 Å². The van der Waals surface area contributed by atoms with E-state index in [9.17, 15) is 19.5 Å². The largest absolute Gasteiger partial charge is 0.480 e. The molecule has 8 heteroatoms. The molecule has 0 saturated carbocycles. The highest BCUT2D eigenvalue weighted by molar-refractivity contribution is 5.89.